The largest absolute Gasteiger partial charge is 0.465 e. The second kappa shape index (κ2) is 5.87. The Bertz CT molecular complexity index is 688. The number of fused-ring (bicyclic) bond motifs is 1. The van der Waals surface area contributed by atoms with Crippen LogP contribution in [0.1, 0.15) is 40.5 Å². The van der Waals surface area contributed by atoms with Gasteiger partial charge in [-0.3, -0.25) is 14.5 Å². The monoisotopic (exact) mass is 314 g/mol. The summed E-state index contributed by atoms with van der Waals surface area (Å²) in [6, 6.07) is 6.80. The van der Waals surface area contributed by atoms with E-state index in [-0.39, 0.29) is 18.4 Å². The number of likely N-dealkylation sites (tertiary alicyclic amines) is 1. The number of amides is 3. The molecule has 1 N–H and O–H groups in total. The highest BCUT2D eigenvalue weighted by atomic mass is 16.4. The van der Waals surface area contributed by atoms with E-state index in [0.29, 0.717) is 24.2 Å². The van der Waals surface area contributed by atoms with Crippen LogP contribution in [0.15, 0.2) is 35.4 Å². The number of hydrogen-bond acceptors (Lipinski definition) is 3. The molecule has 0 atom stereocenters. The third-order valence-electron chi connectivity index (χ3n) is 4.44. The molecule has 0 unspecified atom stereocenters. The smallest absolute Gasteiger partial charge is 0.407 e. The zero-order valence-electron chi connectivity index (χ0n) is 12.9. The number of hydrogen-bond donors (Lipinski definition) is 1. The van der Waals surface area contributed by atoms with E-state index in [2.05, 4.69) is 0 Å². The number of rotatable bonds is 2. The van der Waals surface area contributed by atoms with Gasteiger partial charge in [-0.15, -0.1) is 0 Å². The van der Waals surface area contributed by atoms with E-state index in [0.717, 1.165) is 24.0 Å². The van der Waals surface area contributed by atoms with Crippen molar-refractivity contribution in [3.8, 4) is 0 Å². The molecular formula is C17H18N2O4. The van der Waals surface area contributed by atoms with Gasteiger partial charge in [0, 0.05) is 13.1 Å². The summed E-state index contributed by atoms with van der Waals surface area (Å²) in [5, 5.41) is 9.11. The predicted molar refractivity (Wildman–Crippen MR) is 83.3 cm³/mol. The summed E-state index contributed by atoms with van der Waals surface area (Å²) in [6.07, 6.45) is 0.635. The summed E-state index contributed by atoms with van der Waals surface area (Å²) < 4.78 is 0. The first kappa shape index (κ1) is 15.3. The number of piperidine rings is 1. The van der Waals surface area contributed by atoms with Crippen molar-refractivity contribution in [2.45, 2.75) is 19.8 Å². The molecule has 120 valence electrons. The third kappa shape index (κ3) is 2.72. The highest BCUT2D eigenvalue weighted by molar-refractivity contribution is 6.21. The first-order valence-electron chi connectivity index (χ1n) is 7.59. The van der Waals surface area contributed by atoms with Gasteiger partial charge in [0.15, 0.2) is 0 Å². The number of carbonyl (C=O) groups is 3. The SMILES string of the molecule is C/C(CN1C(=O)c2ccccc2C1=O)=C1/CCCN(C(=O)O)C1. The topological polar surface area (TPSA) is 77.9 Å². The van der Waals surface area contributed by atoms with Crippen LogP contribution < -0.4 is 0 Å². The molecule has 2 aliphatic rings. The van der Waals surface area contributed by atoms with Crippen LogP contribution in [0.25, 0.3) is 0 Å². The Kier molecular flexibility index (Phi) is 3.90. The summed E-state index contributed by atoms with van der Waals surface area (Å²) in [6.45, 7) is 2.96. The molecule has 1 saturated heterocycles. The molecule has 1 aromatic carbocycles. The number of imide groups is 1. The van der Waals surface area contributed by atoms with Gasteiger partial charge >= 0.3 is 6.09 Å². The van der Waals surface area contributed by atoms with Crippen LogP contribution in [-0.4, -0.2) is 52.4 Å². The molecule has 2 heterocycles. The molecule has 3 rings (SSSR count). The molecule has 0 aliphatic carbocycles. The lowest BCUT2D eigenvalue weighted by molar-refractivity contribution is 0.0666. The Morgan fingerprint density at radius 2 is 1.78 bits per heavy atom. The van der Waals surface area contributed by atoms with Gasteiger partial charge in [-0.1, -0.05) is 17.7 Å². The van der Waals surface area contributed by atoms with Gasteiger partial charge in [-0.2, -0.15) is 0 Å². The molecule has 1 fully saturated rings. The first-order chi connectivity index (χ1) is 11.0. The maximum Gasteiger partial charge on any atom is 0.407 e. The van der Waals surface area contributed by atoms with Crippen LogP contribution in [0, 0.1) is 0 Å². The molecule has 0 saturated carbocycles. The van der Waals surface area contributed by atoms with E-state index in [4.69, 9.17) is 5.11 Å². The molecule has 6 heteroatoms. The van der Waals surface area contributed by atoms with Gasteiger partial charge in [0.25, 0.3) is 11.8 Å². The van der Waals surface area contributed by atoms with Gasteiger partial charge in [0.05, 0.1) is 17.7 Å². The van der Waals surface area contributed by atoms with Crippen molar-refractivity contribution in [2.75, 3.05) is 19.6 Å². The first-order valence-corrected chi connectivity index (χ1v) is 7.59. The molecule has 2 aliphatic heterocycles. The highest BCUT2D eigenvalue weighted by Gasteiger charge is 2.35. The summed E-state index contributed by atoms with van der Waals surface area (Å²) >= 11 is 0. The van der Waals surface area contributed by atoms with Crippen molar-refractivity contribution in [1.82, 2.24) is 9.80 Å². The minimum absolute atomic E-state index is 0.217. The van der Waals surface area contributed by atoms with E-state index < -0.39 is 6.09 Å². The number of benzene rings is 1. The summed E-state index contributed by atoms with van der Waals surface area (Å²) in [4.78, 5) is 38.5. The average Bonchev–Trinajstić information content (AvgIpc) is 2.80. The van der Waals surface area contributed by atoms with Crippen LogP contribution in [0.4, 0.5) is 4.79 Å². The fourth-order valence-corrected chi connectivity index (χ4v) is 3.12. The van der Waals surface area contributed by atoms with E-state index >= 15 is 0 Å². The number of carbonyl (C=O) groups excluding carboxylic acids is 2. The zero-order chi connectivity index (χ0) is 16.6. The quantitative estimate of drug-likeness (QED) is 0.671. The van der Waals surface area contributed by atoms with Gasteiger partial charge < -0.3 is 10.0 Å². The summed E-state index contributed by atoms with van der Waals surface area (Å²) in [5.74, 6) is -0.562. The lowest BCUT2D eigenvalue weighted by Gasteiger charge is -2.28. The van der Waals surface area contributed by atoms with Crippen LogP contribution in [-0.2, 0) is 0 Å². The molecule has 3 amide bonds. The van der Waals surface area contributed by atoms with Crippen molar-refractivity contribution in [3.63, 3.8) is 0 Å². The fourth-order valence-electron chi connectivity index (χ4n) is 3.12. The second-order valence-electron chi connectivity index (χ2n) is 5.93. The van der Waals surface area contributed by atoms with Gasteiger partial charge in [-0.05, 0) is 37.5 Å². The van der Waals surface area contributed by atoms with Gasteiger partial charge in [0.2, 0.25) is 0 Å². The number of carboxylic acid groups (broad SMARTS) is 1. The Morgan fingerprint density at radius 3 is 2.35 bits per heavy atom. The van der Waals surface area contributed by atoms with Crippen LogP contribution in [0.3, 0.4) is 0 Å². The van der Waals surface area contributed by atoms with Crippen LogP contribution in [0.2, 0.25) is 0 Å². The van der Waals surface area contributed by atoms with Crippen LogP contribution >= 0.6 is 0 Å². The Balaban J connectivity index is 1.80. The van der Waals surface area contributed by atoms with Crippen molar-refractivity contribution >= 4 is 17.9 Å². The minimum atomic E-state index is -0.935. The Morgan fingerprint density at radius 1 is 1.17 bits per heavy atom. The molecule has 0 aromatic heterocycles. The van der Waals surface area contributed by atoms with E-state index in [1.807, 2.05) is 6.92 Å². The van der Waals surface area contributed by atoms with Crippen LogP contribution in [0.5, 0.6) is 0 Å². The van der Waals surface area contributed by atoms with Crippen molar-refractivity contribution in [3.05, 3.63) is 46.5 Å². The molecule has 1 aromatic rings. The lowest BCUT2D eigenvalue weighted by atomic mass is 9.99. The van der Waals surface area contributed by atoms with Crippen molar-refractivity contribution in [2.24, 2.45) is 0 Å². The van der Waals surface area contributed by atoms with Crippen molar-refractivity contribution < 1.29 is 19.5 Å². The third-order valence-corrected chi connectivity index (χ3v) is 4.44. The molecule has 6 nitrogen and oxygen atoms in total. The Hall–Kier alpha value is -2.63. The molecular weight excluding hydrogens is 296 g/mol. The second-order valence-corrected chi connectivity index (χ2v) is 5.93. The normalized spacial score (nSPS) is 19.9. The van der Waals surface area contributed by atoms with E-state index in [9.17, 15) is 14.4 Å². The standard InChI is InChI=1S/C17H18N2O4/c1-11(12-5-4-8-18(10-12)17(22)23)9-19-15(20)13-6-2-3-7-14(13)16(19)21/h2-3,6-7H,4-5,8-10H2,1H3,(H,22,23)/b12-11+. The highest BCUT2D eigenvalue weighted by Crippen LogP contribution is 2.25. The predicted octanol–water partition coefficient (Wildman–Crippen LogP) is 2.37. The average molecular weight is 314 g/mol. The lowest BCUT2D eigenvalue weighted by Crippen LogP contribution is -2.37. The molecule has 0 spiro atoms. The molecule has 0 bridgehead atoms. The zero-order valence-corrected chi connectivity index (χ0v) is 12.9. The van der Waals surface area contributed by atoms with E-state index in [1.54, 1.807) is 24.3 Å². The summed E-state index contributed by atoms with van der Waals surface area (Å²) in [7, 11) is 0. The molecule has 0 radical (unpaired) electrons. The maximum atomic E-state index is 12.4. The van der Waals surface area contributed by atoms with Crippen molar-refractivity contribution in [1.29, 1.82) is 0 Å². The minimum Gasteiger partial charge on any atom is -0.465 e. The van der Waals surface area contributed by atoms with E-state index in [1.165, 1.54) is 9.80 Å². The van der Waals surface area contributed by atoms with Gasteiger partial charge in [-0.25, -0.2) is 4.79 Å². The Labute approximate surface area is 134 Å². The molecule has 23 heavy (non-hydrogen) atoms. The summed E-state index contributed by atoms with van der Waals surface area (Å²) in [5.41, 5.74) is 2.76. The number of nitrogens with zero attached hydrogens (tertiary/aromatic N) is 2. The fraction of sp³-hybridized carbons (Fsp3) is 0.353. The van der Waals surface area contributed by atoms with Gasteiger partial charge in [0.1, 0.15) is 0 Å². The maximum absolute atomic E-state index is 12.4.